The van der Waals surface area contributed by atoms with Gasteiger partial charge >= 0.3 is 29.6 Å². The molecule has 130 valence electrons. The Morgan fingerprint density at radius 3 is 2.52 bits per heavy atom. The fourth-order valence-electron chi connectivity index (χ4n) is 1.81. The predicted molar refractivity (Wildman–Crippen MR) is 86.5 cm³/mol. The normalized spacial score (nSPS) is 11.4. The van der Waals surface area contributed by atoms with Crippen LogP contribution in [0.25, 0.3) is 4.72 Å². The molecule has 0 fully saturated rings. The Morgan fingerprint density at radius 1 is 1.32 bits per heavy atom. The molecular formula is C15H17N2NaO6S. The van der Waals surface area contributed by atoms with E-state index in [0.717, 1.165) is 12.3 Å². The van der Waals surface area contributed by atoms with Gasteiger partial charge in [-0.1, -0.05) is 18.2 Å². The summed E-state index contributed by atoms with van der Waals surface area (Å²) >= 11 is 0. The average Bonchev–Trinajstić information content (AvgIpc) is 2.98. The van der Waals surface area contributed by atoms with Gasteiger partial charge in [0, 0.05) is 17.3 Å². The van der Waals surface area contributed by atoms with Crippen LogP contribution in [0.3, 0.4) is 0 Å². The summed E-state index contributed by atoms with van der Waals surface area (Å²) in [4.78, 5) is 11.9. The molecule has 0 unspecified atom stereocenters. The van der Waals surface area contributed by atoms with Crippen LogP contribution in [0.1, 0.15) is 19.4 Å². The number of carbonyl (C=O) groups excluding carboxylic acids is 1. The molecule has 0 aliphatic carbocycles. The number of carbonyl (C=O) groups is 1. The first-order valence-corrected chi connectivity index (χ1v) is 8.31. The first-order valence-electron chi connectivity index (χ1n) is 6.87. The molecule has 1 aromatic heterocycles. The van der Waals surface area contributed by atoms with Gasteiger partial charge in [-0.05, 0) is 19.9 Å². The van der Waals surface area contributed by atoms with Gasteiger partial charge in [-0.15, -0.1) is 0 Å². The quantitative estimate of drug-likeness (QED) is 0.698. The van der Waals surface area contributed by atoms with E-state index in [9.17, 15) is 18.3 Å². The van der Waals surface area contributed by atoms with Crippen molar-refractivity contribution < 1.29 is 57.0 Å². The summed E-state index contributed by atoms with van der Waals surface area (Å²) in [5.41, 5.74) is -0.751. The van der Waals surface area contributed by atoms with Crippen molar-refractivity contribution in [3.8, 4) is 5.75 Å². The van der Waals surface area contributed by atoms with Crippen LogP contribution in [0.2, 0.25) is 0 Å². The second-order valence-corrected chi connectivity index (χ2v) is 6.95. The minimum atomic E-state index is -4.34. The van der Waals surface area contributed by atoms with E-state index in [1.54, 1.807) is 18.2 Å². The molecule has 0 aliphatic rings. The van der Waals surface area contributed by atoms with Crippen LogP contribution in [0, 0.1) is 0 Å². The van der Waals surface area contributed by atoms with Crippen LogP contribution in [0.4, 0.5) is 10.5 Å². The predicted octanol–water partition coefficient (Wildman–Crippen LogP) is -0.186. The Bertz CT molecular complexity index is 842. The van der Waals surface area contributed by atoms with Gasteiger partial charge in [-0.3, -0.25) is 4.79 Å². The van der Waals surface area contributed by atoms with E-state index < -0.39 is 26.7 Å². The van der Waals surface area contributed by atoms with Crippen LogP contribution in [0.5, 0.6) is 5.75 Å². The molecule has 1 aromatic carbocycles. The number of ether oxygens (including phenoxy) is 1. The summed E-state index contributed by atoms with van der Waals surface area (Å²) in [6.45, 7) is 2.94. The zero-order valence-electron chi connectivity index (χ0n) is 14.3. The third-order valence-electron chi connectivity index (χ3n) is 3.09. The second-order valence-electron chi connectivity index (χ2n) is 5.41. The van der Waals surface area contributed by atoms with Gasteiger partial charge in [0.05, 0.1) is 19.0 Å². The van der Waals surface area contributed by atoms with Crippen molar-refractivity contribution in [2.75, 3.05) is 12.4 Å². The number of aliphatic hydroxyl groups is 1. The first kappa shape index (κ1) is 21.5. The van der Waals surface area contributed by atoms with Gasteiger partial charge < -0.3 is 24.3 Å². The number of anilines is 1. The maximum Gasteiger partial charge on any atom is 1.00 e. The van der Waals surface area contributed by atoms with Gasteiger partial charge in [0.2, 0.25) is 15.1 Å². The summed E-state index contributed by atoms with van der Waals surface area (Å²) in [5, 5.41) is 11.6. The van der Waals surface area contributed by atoms with Gasteiger partial charge in [0.15, 0.2) is 6.03 Å². The van der Waals surface area contributed by atoms with E-state index in [1.807, 2.05) is 0 Å². The third-order valence-corrected chi connectivity index (χ3v) is 4.22. The number of nitrogens with one attached hydrogen (secondary N) is 1. The van der Waals surface area contributed by atoms with Crippen molar-refractivity contribution >= 4 is 21.7 Å². The maximum atomic E-state index is 12.1. The summed E-state index contributed by atoms with van der Waals surface area (Å²) < 4.78 is 37.3. The SMILES string of the molecule is COc1ccccc1NC(=O)[N-]S(=O)(=O)c1cc(C(C)(C)O)co1.[Na+]. The molecule has 2 rings (SSSR count). The molecule has 0 bridgehead atoms. The number of hydrogen-bond acceptors (Lipinski definition) is 6. The molecule has 0 atom stereocenters. The van der Waals surface area contributed by atoms with E-state index >= 15 is 0 Å². The standard InChI is InChI=1S/C15H18N2O6S.Na/c1-15(2,19)10-8-13(23-9-10)24(20,21)17-14(18)16-11-6-4-5-7-12(11)22-3;/h4-9,19H,1-3H3,(H2,16,17,18);/q;+1/p-1. The Kier molecular flexibility index (Phi) is 7.09. The van der Waals surface area contributed by atoms with Gasteiger partial charge in [-0.2, -0.15) is 0 Å². The van der Waals surface area contributed by atoms with Gasteiger partial charge in [0.1, 0.15) is 5.75 Å². The zero-order valence-corrected chi connectivity index (χ0v) is 17.1. The fourth-order valence-corrected chi connectivity index (χ4v) is 2.61. The minimum absolute atomic E-state index is 0. The number of nitrogens with zero attached hydrogens (tertiary/aromatic N) is 1. The van der Waals surface area contributed by atoms with E-state index in [-0.39, 0.29) is 40.8 Å². The van der Waals surface area contributed by atoms with Crippen molar-refractivity contribution in [3.05, 3.63) is 46.9 Å². The molecule has 0 aliphatic heterocycles. The van der Waals surface area contributed by atoms with Crippen molar-refractivity contribution in [3.63, 3.8) is 0 Å². The third kappa shape index (κ3) is 5.48. The number of sulfonamides is 1. The first-order chi connectivity index (χ1) is 11.1. The molecule has 0 radical (unpaired) electrons. The maximum absolute atomic E-state index is 12.1. The van der Waals surface area contributed by atoms with Crippen LogP contribution >= 0.6 is 0 Å². The molecule has 1 heterocycles. The van der Waals surface area contributed by atoms with Gasteiger partial charge in [0.25, 0.3) is 0 Å². The Labute approximate surface area is 167 Å². The molecule has 0 spiro atoms. The van der Waals surface area contributed by atoms with Crippen LogP contribution in [-0.4, -0.2) is 26.7 Å². The number of hydrogen-bond donors (Lipinski definition) is 2. The number of benzene rings is 1. The Hall–Kier alpha value is -1.52. The molecular weight excluding hydrogens is 359 g/mol. The molecule has 2 N–H and O–H groups in total. The summed E-state index contributed by atoms with van der Waals surface area (Å²) in [6.07, 6.45) is 1.10. The summed E-state index contributed by atoms with van der Waals surface area (Å²) in [5.74, 6) is 0.362. The Balaban J connectivity index is 0.00000312. The van der Waals surface area contributed by atoms with E-state index in [1.165, 1.54) is 27.0 Å². The van der Waals surface area contributed by atoms with Crippen LogP contribution in [-0.2, 0) is 15.6 Å². The monoisotopic (exact) mass is 376 g/mol. The zero-order chi connectivity index (χ0) is 18.0. The smallest absolute Gasteiger partial charge is 0.497 e. The topological polar surface area (TPSA) is 120 Å². The molecule has 0 saturated carbocycles. The van der Waals surface area contributed by atoms with Crippen molar-refractivity contribution in [2.45, 2.75) is 24.5 Å². The number of methoxy groups -OCH3 is 1. The summed E-state index contributed by atoms with van der Waals surface area (Å²) in [6, 6.07) is 6.51. The van der Waals surface area contributed by atoms with E-state index in [0.29, 0.717) is 5.75 Å². The molecule has 2 amide bonds. The number of urea groups is 1. The summed E-state index contributed by atoms with van der Waals surface area (Å²) in [7, 11) is -2.93. The van der Waals surface area contributed by atoms with Gasteiger partial charge in [-0.25, -0.2) is 8.42 Å². The number of amides is 2. The fraction of sp³-hybridized carbons (Fsp3) is 0.267. The largest absolute Gasteiger partial charge is 1.00 e. The van der Waals surface area contributed by atoms with Crippen LogP contribution in [0.15, 0.2) is 46.1 Å². The Morgan fingerprint density at radius 2 is 1.96 bits per heavy atom. The van der Waals surface area contributed by atoms with Crippen LogP contribution < -0.4 is 39.6 Å². The molecule has 10 heteroatoms. The number of furan rings is 1. The minimum Gasteiger partial charge on any atom is -0.497 e. The number of para-hydroxylation sites is 2. The second kappa shape index (κ2) is 8.24. The van der Waals surface area contributed by atoms with Crippen molar-refractivity contribution in [1.82, 2.24) is 0 Å². The molecule has 0 saturated heterocycles. The molecule has 25 heavy (non-hydrogen) atoms. The van der Waals surface area contributed by atoms with E-state index in [4.69, 9.17) is 9.15 Å². The van der Waals surface area contributed by atoms with Crippen molar-refractivity contribution in [2.24, 2.45) is 0 Å². The molecule has 2 aromatic rings. The van der Waals surface area contributed by atoms with E-state index in [2.05, 4.69) is 10.0 Å². The van der Waals surface area contributed by atoms with Crippen molar-refractivity contribution in [1.29, 1.82) is 0 Å². The molecule has 8 nitrogen and oxygen atoms in total. The average molecular weight is 376 g/mol. The number of rotatable bonds is 5.